The van der Waals surface area contributed by atoms with Crippen molar-refractivity contribution in [2.45, 2.75) is 31.5 Å². The Labute approximate surface area is 131 Å². The van der Waals surface area contributed by atoms with Crippen molar-refractivity contribution in [1.29, 1.82) is 0 Å². The van der Waals surface area contributed by atoms with Crippen LogP contribution in [0, 0.1) is 0 Å². The summed E-state index contributed by atoms with van der Waals surface area (Å²) in [7, 11) is 0. The highest BCUT2D eigenvalue weighted by molar-refractivity contribution is 5.94. The number of nitrogens with two attached hydrogens (primary N) is 1. The number of halogens is 3. The predicted octanol–water partition coefficient (Wildman–Crippen LogP) is 2.43. The van der Waals surface area contributed by atoms with Crippen LogP contribution >= 0.6 is 0 Å². The van der Waals surface area contributed by atoms with E-state index in [1.54, 1.807) is 0 Å². The summed E-state index contributed by atoms with van der Waals surface area (Å²) < 4.78 is 37.9. The number of rotatable bonds is 3. The molecule has 5 nitrogen and oxygen atoms in total. The van der Waals surface area contributed by atoms with Gasteiger partial charge in [0, 0.05) is 6.04 Å². The molecule has 3 N–H and O–H groups in total. The molecule has 1 aliphatic heterocycles. The van der Waals surface area contributed by atoms with Crippen molar-refractivity contribution in [2.75, 3.05) is 13.1 Å². The molecule has 0 saturated carbocycles. The van der Waals surface area contributed by atoms with E-state index in [2.05, 4.69) is 0 Å². The third kappa shape index (κ3) is 4.69. The lowest BCUT2D eigenvalue weighted by molar-refractivity contribution is -0.137. The number of piperidine rings is 1. The molecule has 0 aromatic heterocycles. The number of benzene rings is 1. The molecule has 2 rings (SSSR count). The van der Waals surface area contributed by atoms with Crippen LogP contribution in [0.15, 0.2) is 24.3 Å². The molecule has 1 heterocycles. The third-order valence-corrected chi connectivity index (χ3v) is 3.85. The van der Waals surface area contributed by atoms with Gasteiger partial charge in [0.15, 0.2) is 0 Å². The van der Waals surface area contributed by atoms with Crippen LogP contribution in [-0.4, -0.2) is 29.9 Å². The minimum absolute atomic E-state index is 0.0192. The second-order valence-electron chi connectivity index (χ2n) is 5.51. The fraction of sp³-hybridized carbons (Fsp3) is 0.467. The molecule has 0 spiro atoms. The maximum atomic E-state index is 12.6. The summed E-state index contributed by atoms with van der Waals surface area (Å²) >= 11 is 0. The van der Waals surface area contributed by atoms with Gasteiger partial charge < -0.3 is 5.73 Å². The van der Waals surface area contributed by atoms with E-state index >= 15 is 0 Å². The molecule has 1 aromatic carbocycles. The zero-order valence-corrected chi connectivity index (χ0v) is 12.4. The molecule has 8 heteroatoms. The molecule has 1 aromatic rings. The van der Waals surface area contributed by atoms with Crippen molar-refractivity contribution >= 4 is 11.9 Å². The number of hydrogen-bond donors (Lipinski definition) is 2. The first-order valence-corrected chi connectivity index (χ1v) is 7.28. The number of carbonyl (C=O) groups excluding carboxylic acids is 2. The molecule has 0 radical (unpaired) electrons. The van der Waals surface area contributed by atoms with E-state index in [-0.39, 0.29) is 12.6 Å². The van der Waals surface area contributed by atoms with Crippen molar-refractivity contribution in [2.24, 2.45) is 5.73 Å². The molecule has 0 bridgehead atoms. The summed E-state index contributed by atoms with van der Waals surface area (Å²) in [4.78, 5) is 24.2. The molecule has 126 valence electrons. The molecule has 1 aliphatic rings. The largest absolute Gasteiger partial charge is 0.416 e. The topological polar surface area (TPSA) is 75.4 Å². The van der Waals surface area contributed by atoms with E-state index in [1.807, 2.05) is 10.2 Å². The van der Waals surface area contributed by atoms with Crippen molar-refractivity contribution < 1.29 is 22.8 Å². The second-order valence-corrected chi connectivity index (χ2v) is 5.51. The van der Waals surface area contributed by atoms with Gasteiger partial charge in [-0.3, -0.25) is 15.0 Å². The van der Waals surface area contributed by atoms with Gasteiger partial charge in [-0.25, -0.2) is 4.79 Å². The van der Waals surface area contributed by atoms with Crippen molar-refractivity contribution in [3.05, 3.63) is 35.4 Å². The Kier molecular flexibility index (Phi) is 5.25. The van der Waals surface area contributed by atoms with Crippen LogP contribution in [0.5, 0.6) is 0 Å². The normalized spacial score (nSPS) is 19.3. The molecule has 1 fully saturated rings. The number of primary amides is 1. The van der Waals surface area contributed by atoms with Gasteiger partial charge in [0.05, 0.1) is 12.1 Å². The van der Waals surface area contributed by atoms with Gasteiger partial charge in [-0.15, -0.1) is 0 Å². The lowest BCUT2D eigenvalue weighted by Gasteiger charge is -2.35. The molecule has 3 amide bonds. The smallest absolute Gasteiger partial charge is 0.351 e. The minimum atomic E-state index is -4.37. The van der Waals surface area contributed by atoms with Crippen LogP contribution in [0.3, 0.4) is 0 Å². The van der Waals surface area contributed by atoms with Crippen LogP contribution in [0.2, 0.25) is 0 Å². The monoisotopic (exact) mass is 329 g/mol. The number of hydrogen-bond acceptors (Lipinski definition) is 3. The average Bonchev–Trinajstić information content (AvgIpc) is 2.46. The lowest BCUT2D eigenvalue weighted by Crippen LogP contribution is -2.44. The van der Waals surface area contributed by atoms with Crippen molar-refractivity contribution in [1.82, 2.24) is 10.2 Å². The highest BCUT2D eigenvalue weighted by Gasteiger charge is 2.31. The number of urea groups is 1. The Morgan fingerprint density at radius 1 is 1.22 bits per heavy atom. The number of carbonyl (C=O) groups is 2. The number of alkyl halides is 3. The number of likely N-dealkylation sites (tertiary alicyclic amines) is 1. The quantitative estimate of drug-likeness (QED) is 0.894. The summed E-state index contributed by atoms with van der Waals surface area (Å²) in [6.07, 6.45) is -1.80. The Morgan fingerprint density at radius 3 is 2.43 bits per heavy atom. The van der Waals surface area contributed by atoms with Crippen molar-refractivity contribution in [3.8, 4) is 0 Å². The number of amides is 3. The number of imide groups is 1. The Morgan fingerprint density at radius 2 is 1.87 bits per heavy atom. The zero-order chi connectivity index (χ0) is 17.0. The molecule has 1 saturated heterocycles. The first-order chi connectivity index (χ1) is 10.8. The fourth-order valence-corrected chi connectivity index (χ4v) is 2.81. The van der Waals surface area contributed by atoms with Gasteiger partial charge in [0.2, 0.25) is 5.91 Å². The Bertz CT molecular complexity index is 572. The van der Waals surface area contributed by atoms with E-state index in [4.69, 9.17) is 5.73 Å². The van der Waals surface area contributed by atoms with E-state index in [0.29, 0.717) is 6.54 Å². The lowest BCUT2D eigenvalue weighted by atomic mass is 9.94. The predicted molar refractivity (Wildman–Crippen MR) is 77.3 cm³/mol. The van der Waals surface area contributed by atoms with E-state index in [1.165, 1.54) is 12.1 Å². The number of nitrogens with zero attached hydrogens (tertiary/aromatic N) is 1. The van der Waals surface area contributed by atoms with Gasteiger partial charge in [-0.1, -0.05) is 18.6 Å². The molecular formula is C15H18F3N3O2. The fourth-order valence-electron chi connectivity index (χ4n) is 2.81. The van der Waals surface area contributed by atoms with Crippen LogP contribution in [-0.2, 0) is 11.0 Å². The van der Waals surface area contributed by atoms with Crippen LogP contribution in [0.1, 0.15) is 36.4 Å². The van der Waals surface area contributed by atoms with Crippen molar-refractivity contribution in [3.63, 3.8) is 0 Å². The Balaban J connectivity index is 2.11. The molecule has 0 unspecified atom stereocenters. The summed E-state index contributed by atoms with van der Waals surface area (Å²) in [5.74, 6) is -0.517. The van der Waals surface area contributed by atoms with Crippen LogP contribution in [0.4, 0.5) is 18.0 Å². The van der Waals surface area contributed by atoms with E-state index in [9.17, 15) is 22.8 Å². The van der Waals surface area contributed by atoms with Gasteiger partial charge in [0.1, 0.15) is 0 Å². The standard InChI is InChI=1S/C15H18F3N3O2/c16-15(17,18)11-6-4-10(5-7-11)12-3-1-2-8-21(12)9-13(22)20-14(19)23/h4-7,12H,1-3,8-9H2,(H3,19,20,22,23)/t12-/m0/s1. The molecule has 0 aliphatic carbocycles. The first-order valence-electron chi connectivity index (χ1n) is 7.28. The summed E-state index contributed by atoms with van der Waals surface area (Å²) in [5, 5.41) is 2.00. The zero-order valence-electron chi connectivity index (χ0n) is 12.4. The van der Waals surface area contributed by atoms with Gasteiger partial charge >= 0.3 is 12.2 Å². The van der Waals surface area contributed by atoms with Gasteiger partial charge in [-0.2, -0.15) is 13.2 Å². The molecule has 23 heavy (non-hydrogen) atoms. The van der Waals surface area contributed by atoms with Crippen LogP contribution in [0.25, 0.3) is 0 Å². The van der Waals surface area contributed by atoms with Gasteiger partial charge in [0.25, 0.3) is 0 Å². The second kappa shape index (κ2) is 6.99. The molecular weight excluding hydrogens is 311 g/mol. The third-order valence-electron chi connectivity index (χ3n) is 3.85. The average molecular weight is 329 g/mol. The first kappa shape index (κ1) is 17.3. The summed E-state index contributed by atoms with van der Waals surface area (Å²) in [5.41, 5.74) is 4.93. The highest BCUT2D eigenvalue weighted by atomic mass is 19.4. The van der Waals surface area contributed by atoms with Crippen LogP contribution < -0.4 is 11.1 Å². The Hall–Kier alpha value is -2.09. The van der Waals surface area contributed by atoms with Gasteiger partial charge in [-0.05, 0) is 37.1 Å². The molecule has 1 atom stereocenters. The van der Waals surface area contributed by atoms with E-state index < -0.39 is 23.7 Å². The minimum Gasteiger partial charge on any atom is -0.351 e. The number of nitrogens with one attached hydrogen (secondary N) is 1. The SMILES string of the molecule is NC(=O)NC(=O)CN1CCCC[C@H]1c1ccc(C(F)(F)F)cc1. The summed E-state index contributed by atoms with van der Waals surface area (Å²) in [6.45, 7) is 0.618. The summed E-state index contributed by atoms with van der Waals surface area (Å²) in [6, 6.07) is 3.91. The van der Waals surface area contributed by atoms with E-state index in [0.717, 1.165) is 37.0 Å². The maximum absolute atomic E-state index is 12.6. The maximum Gasteiger partial charge on any atom is 0.416 e. The highest BCUT2D eigenvalue weighted by Crippen LogP contribution is 2.34.